The van der Waals surface area contributed by atoms with Gasteiger partial charge >= 0.3 is 0 Å². The Bertz CT molecular complexity index is 605. The number of aromatic nitrogens is 3. The Labute approximate surface area is 139 Å². The van der Waals surface area contributed by atoms with Crippen molar-refractivity contribution in [2.45, 2.75) is 39.0 Å². The number of nitrogens with zero attached hydrogens (tertiary/aromatic N) is 4. The SMILES string of the molecule is Cc1nsc(N(CCCCCCC(=O)NO)c2ccccn2)n1. The highest BCUT2D eigenvalue weighted by Crippen LogP contribution is 2.25. The lowest BCUT2D eigenvalue weighted by molar-refractivity contribution is -0.129. The molecule has 0 spiro atoms. The molecule has 0 aromatic carbocycles. The molecule has 0 unspecified atom stereocenters. The van der Waals surface area contributed by atoms with Gasteiger partial charge in [-0.25, -0.2) is 15.4 Å². The number of hydrogen-bond donors (Lipinski definition) is 2. The van der Waals surface area contributed by atoms with Crippen molar-refractivity contribution in [3.8, 4) is 0 Å². The lowest BCUT2D eigenvalue weighted by atomic mass is 10.1. The van der Waals surface area contributed by atoms with E-state index in [2.05, 4.69) is 19.2 Å². The van der Waals surface area contributed by atoms with Crippen LogP contribution in [-0.2, 0) is 4.79 Å². The Balaban J connectivity index is 1.86. The molecule has 0 atom stereocenters. The number of carbonyl (C=O) groups excluding carboxylic acids is 1. The van der Waals surface area contributed by atoms with Crippen molar-refractivity contribution in [1.29, 1.82) is 0 Å². The van der Waals surface area contributed by atoms with E-state index >= 15 is 0 Å². The van der Waals surface area contributed by atoms with Gasteiger partial charge in [0, 0.05) is 30.7 Å². The summed E-state index contributed by atoms with van der Waals surface area (Å²) < 4.78 is 4.24. The summed E-state index contributed by atoms with van der Waals surface area (Å²) in [6.07, 6.45) is 5.81. The van der Waals surface area contributed by atoms with Gasteiger partial charge in [-0.05, 0) is 31.9 Å². The summed E-state index contributed by atoms with van der Waals surface area (Å²) in [7, 11) is 0. The van der Waals surface area contributed by atoms with E-state index in [1.54, 1.807) is 11.7 Å². The molecule has 0 radical (unpaired) electrons. The highest BCUT2D eigenvalue weighted by Gasteiger charge is 2.14. The van der Waals surface area contributed by atoms with Crippen LogP contribution in [-0.4, -0.2) is 32.0 Å². The molecule has 2 N–H and O–H groups in total. The Hall–Kier alpha value is -2.06. The molecule has 1 amide bonds. The summed E-state index contributed by atoms with van der Waals surface area (Å²) in [5.41, 5.74) is 1.65. The van der Waals surface area contributed by atoms with Crippen molar-refractivity contribution in [3.63, 3.8) is 0 Å². The molecule has 124 valence electrons. The van der Waals surface area contributed by atoms with Crippen LogP contribution >= 0.6 is 11.5 Å². The Morgan fingerprint density at radius 3 is 2.78 bits per heavy atom. The van der Waals surface area contributed by atoms with E-state index in [9.17, 15) is 4.79 Å². The van der Waals surface area contributed by atoms with Crippen LogP contribution in [0.15, 0.2) is 24.4 Å². The van der Waals surface area contributed by atoms with Gasteiger partial charge in [-0.15, -0.1) is 0 Å². The van der Waals surface area contributed by atoms with Gasteiger partial charge in [-0.2, -0.15) is 4.37 Å². The number of unbranched alkanes of at least 4 members (excludes halogenated alkanes) is 3. The number of amides is 1. The van der Waals surface area contributed by atoms with E-state index < -0.39 is 0 Å². The van der Waals surface area contributed by atoms with Crippen molar-refractivity contribution >= 4 is 28.4 Å². The van der Waals surface area contributed by atoms with Gasteiger partial charge in [0.05, 0.1) is 0 Å². The first-order valence-electron chi connectivity index (χ1n) is 7.62. The van der Waals surface area contributed by atoms with Gasteiger partial charge in [0.15, 0.2) is 0 Å². The van der Waals surface area contributed by atoms with E-state index in [0.29, 0.717) is 6.42 Å². The summed E-state index contributed by atoms with van der Waals surface area (Å²) in [4.78, 5) is 21.9. The number of anilines is 2. The fraction of sp³-hybridized carbons (Fsp3) is 0.467. The first kappa shape index (κ1) is 17.3. The molecule has 0 aliphatic heterocycles. The molecule has 0 aliphatic rings. The quantitative estimate of drug-likeness (QED) is 0.416. The van der Waals surface area contributed by atoms with Crippen LogP contribution in [0.5, 0.6) is 0 Å². The average Bonchev–Trinajstić information content (AvgIpc) is 3.00. The molecule has 2 heterocycles. The van der Waals surface area contributed by atoms with E-state index in [1.165, 1.54) is 11.5 Å². The van der Waals surface area contributed by atoms with Gasteiger partial charge in [-0.3, -0.25) is 10.0 Å². The van der Waals surface area contributed by atoms with Crippen LogP contribution in [0.2, 0.25) is 0 Å². The highest BCUT2D eigenvalue weighted by molar-refractivity contribution is 7.09. The Morgan fingerprint density at radius 2 is 2.13 bits per heavy atom. The van der Waals surface area contributed by atoms with Crippen molar-refractivity contribution in [1.82, 2.24) is 19.8 Å². The molecule has 2 rings (SSSR count). The number of nitrogens with one attached hydrogen (secondary N) is 1. The second-order valence-electron chi connectivity index (χ2n) is 5.16. The van der Waals surface area contributed by atoms with E-state index in [4.69, 9.17) is 5.21 Å². The molecular weight excluding hydrogens is 314 g/mol. The predicted octanol–water partition coefficient (Wildman–Crippen LogP) is 2.84. The predicted molar refractivity (Wildman–Crippen MR) is 88.9 cm³/mol. The summed E-state index contributed by atoms with van der Waals surface area (Å²) in [5, 5.41) is 9.29. The first-order chi connectivity index (χ1) is 11.2. The van der Waals surface area contributed by atoms with Crippen LogP contribution in [0.1, 0.15) is 37.9 Å². The van der Waals surface area contributed by atoms with Crippen molar-refractivity contribution < 1.29 is 10.0 Å². The number of hydroxylamine groups is 1. The molecule has 2 aromatic rings. The maximum absolute atomic E-state index is 10.9. The van der Waals surface area contributed by atoms with Gasteiger partial charge in [0.2, 0.25) is 11.0 Å². The van der Waals surface area contributed by atoms with Crippen molar-refractivity contribution in [2.75, 3.05) is 11.4 Å². The maximum Gasteiger partial charge on any atom is 0.243 e. The third-order valence-electron chi connectivity index (χ3n) is 3.33. The summed E-state index contributed by atoms with van der Waals surface area (Å²) >= 11 is 1.37. The smallest absolute Gasteiger partial charge is 0.243 e. The number of hydrogen-bond acceptors (Lipinski definition) is 7. The minimum Gasteiger partial charge on any atom is -0.301 e. The minimum absolute atomic E-state index is 0.329. The molecule has 0 saturated carbocycles. The van der Waals surface area contributed by atoms with Crippen LogP contribution in [0, 0.1) is 6.92 Å². The molecule has 0 fully saturated rings. The van der Waals surface area contributed by atoms with E-state index in [0.717, 1.165) is 49.0 Å². The number of aryl methyl sites for hydroxylation is 1. The number of rotatable bonds is 9. The molecular formula is C15H21N5O2S. The normalized spacial score (nSPS) is 10.5. The van der Waals surface area contributed by atoms with Crippen LogP contribution < -0.4 is 10.4 Å². The zero-order valence-electron chi connectivity index (χ0n) is 13.1. The molecule has 8 heteroatoms. The molecule has 2 aromatic heterocycles. The average molecular weight is 335 g/mol. The second-order valence-corrected chi connectivity index (χ2v) is 5.89. The molecule has 0 bridgehead atoms. The van der Waals surface area contributed by atoms with Gasteiger partial charge in [0.1, 0.15) is 11.6 Å². The third kappa shape index (κ3) is 5.57. The maximum atomic E-state index is 10.9. The lowest BCUT2D eigenvalue weighted by Crippen LogP contribution is -2.19. The molecule has 0 saturated heterocycles. The summed E-state index contributed by atoms with van der Waals surface area (Å²) in [6.45, 7) is 2.68. The first-order valence-corrected chi connectivity index (χ1v) is 8.40. The topological polar surface area (TPSA) is 91.2 Å². The minimum atomic E-state index is -0.329. The standard InChI is InChI=1S/C15H21N5O2S/c1-12-17-15(23-19-12)20(13-8-5-6-10-16-13)11-7-3-2-4-9-14(21)18-22/h5-6,8,10,22H,2-4,7,9,11H2,1H3,(H,18,21). The fourth-order valence-corrected chi connectivity index (χ4v) is 2.89. The van der Waals surface area contributed by atoms with Crippen LogP contribution in [0.4, 0.5) is 10.9 Å². The van der Waals surface area contributed by atoms with Gasteiger partial charge in [0.25, 0.3) is 0 Å². The second kappa shape index (κ2) is 9.16. The van der Waals surface area contributed by atoms with E-state index in [-0.39, 0.29) is 5.91 Å². The lowest BCUT2D eigenvalue weighted by Gasteiger charge is -2.20. The van der Waals surface area contributed by atoms with Gasteiger partial charge in [-0.1, -0.05) is 18.9 Å². The number of pyridine rings is 1. The highest BCUT2D eigenvalue weighted by atomic mass is 32.1. The summed E-state index contributed by atoms with van der Waals surface area (Å²) in [6, 6.07) is 5.80. The van der Waals surface area contributed by atoms with Crippen molar-refractivity contribution in [2.24, 2.45) is 0 Å². The third-order valence-corrected chi connectivity index (χ3v) is 4.16. The zero-order chi connectivity index (χ0) is 16.5. The molecule has 23 heavy (non-hydrogen) atoms. The van der Waals surface area contributed by atoms with Crippen LogP contribution in [0.25, 0.3) is 0 Å². The van der Waals surface area contributed by atoms with E-state index in [1.807, 2.05) is 25.1 Å². The monoisotopic (exact) mass is 335 g/mol. The number of carbonyl (C=O) groups is 1. The molecule has 7 nitrogen and oxygen atoms in total. The van der Waals surface area contributed by atoms with Crippen LogP contribution in [0.3, 0.4) is 0 Å². The fourth-order valence-electron chi connectivity index (χ4n) is 2.18. The summed E-state index contributed by atoms with van der Waals surface area (Å²) in [5.74, 6) is 1.30. The largest absolute Gasteiger partial charge is 0.301 e. The van der Waals surface area contributed by atoms with Crippen molar-refractivity contribution in [3.05, 3.63) is 30.2 Å². The molecule has 0 aliphatic carbocycles. The Morgan fingerprint density at radius 1 is 1.30 bits per heavy atom. The zero-order valence-corrected chi connectivity index (χ0v) is 13.9. The van der Waals surface area contributed by atoms with Gasteiger partial charge < -0.3 is 4.90 Å². The Kier molecular flexibility index (Phi) is 6.89.